The molecule has 0 N–H and O–H groups in total. The van der Waals surface area contributed by atoms with Crippen molar-refractivity contribution in [2.24, 2.45) is 11.8 Å². The molecule has 1 saturated heterocycles. The molecule has 1 saturated carbocycles. The summed E-state index contributed by atoms with van der Waals surface area (Å²) in [5.74, 6) is -2.98. The van der Waals surface area contributed by atoms with Gasteiger partial charge in [0, 0.05) is 15.4 Å². The zero-order chi connectivity index (χ0) is 15.7. The van der Waals surface area contributed by atoms with Crippen molar-refractivity contribution in [3.63, 3.8) is 0 Å². The van der Waals surface area contributed by atoms with Crippen molar-refractivity contribution in [3.05, 3.63) is 35.1 Å². The third-order valence-electron chi connectivity index (χ3n) is 4.57. The third kappa shape index (κ3) is 3.59. The Morgan fingerprint density at radius 2 is 1.41 bits per heavy atom. The number of rotatable bonds is 2. The van der Waals surface area contributed by atoms with E-state index in [0.717, 1.165) is 16.1 Å². The molecule has 2 nitrogen and oxygen atoms in total. The fourth-order valence-electron chi connectivity index (χ4n) is 3.24. The zero-order valence-electron chi connectivity index (χ0n) is 12.0. The molecule has 0 aromatic heterocycles. The third-order valence-corrected chi connectivity index (χ3v) is 5.82. The SMILES string of the molecule is Fc1cc(C2OCC(C3CCC(I)CC3)CO2)cc(F)c1F. The minimum atomic E-state index is -1.46. The number of hydrogen-bond acceptors (Lipinski definition) is 2. The maximum atomic E-state index is 13.3. The fourth-order valence-corrected chi connectivity index (χ4v) is 3.96. The first-order valence-electron chi connectivity index (χ1n) is 7.56. The molecule has 2 aliphatic rings. The van der Waals surface area contributed by atoms with Crippen molar-refractivity contribution in [1.29, 1.82) is 0 Å². The number of ether oxygens (including phenoxy) is 2. The molecule has 22 heavy (non-hydrogen) atoms. The molecule has 6 heteroatoms. The Bertz CT molecular complexity index is 501. The quantitative estimate of drug-likeness (QED) is 0.386. The molecule has 0 atom stereocenters. The van der Waals surface area contributed by atoms with Crippen LogP contribution in [0.2, 0.25) is 0 Å². The molecule has 0 amide bonds. The summed E-state index contributed by atoms with van der Waals surface area (Å²) in [6, 6.07) is 1.87. The molecule has 1 aromatic carbocycles. The van der Waals surface area contributed by atoms with Gasteiger partial charge >= 0.3 is 0 Å². The first-order chi connectivity index (χ1) is 10.5. The monoisotopic (exact) mass is 426 g/mol. The Morgan fingerprint density at radius 1 is 0.864 bits per heavy atom. The number of halogens is 4. The summed E-state index contributed by atoms with van der Waals surface area (Å²) in [6.07, 6.45) is 3.98. The second-order valence-corrected chi connectivity index (χ2v) is 7.83. The van der Waals surface area contributed by atoms with E-state index in [-0.39, 0.29) is 5.56 Å². The molecule has 2 fully saturated rings. The van der Waals surface area contributed by atoms with Crippen LogP contribution in [-0.4, -0.2) is 17.1 Å². The van der Waals surface area contributed by atoms with Crippen molar-refractivity contribution < 1.29 is 22.6 Å². The zero-order valence-corrected chi connectivity index (χ0v) is 14.2. The second-order valence-electron chi connectivity index (χ2n) is 6.07. The van der Waals surface area contributed by atoms with Crippen LogP contribution >= 0.6 is 22.6 Å². The standard InChI is InChI=1S/C16H18F3IO2/c17-13-5-10(6-14(18)15(13)19)16-21-7-11(8-22-16)9-1-3-12(20)4-2-9/h5-6,9,11-12,16H,1-4,7-8H2. The van der Waals surface area contributed by atoms with Gasteiger partial charge in [-0.3, -0.25) is 0 Å². The van der Waals surface area contributed by atoms with Gasteiger partial charge in [0.05, 0.1) is 13.2 Å². The molecule has 0 radical (unpaired) electrons. The van der Waals surface area contributed by atoms with Gasteiger partial charge < -0.3 is 9.47 Å². The Labute approximate surface area is 141 Å². The highest BCUT2D eigenvalue weighted by Crippen LogP contribution is 2.37. The van der Waals surface area contributed by atoms with Crippen LogP contribution in [0.15, 0.2) is 12.1 Å². The normalized spacial score (nSPS) is 32.9. The van der Waals surface area contributed by atoms with E-state index >= 15 is 0 Å². The van der Waals surface area contributed by atoms with Crippen LogP contribution in [0, 0.1) is 29.3 Å². The van der Waals surface area contributed by atoms with E-state index in [0.29, 0.717) is 25.0 Å². The van der Waals surface area contributed by atoms with Gasteiger partial charge in [0.25, 0.3) is 0 Å². The van der Waals surface area contributed by atoms with E-state index in [4.69, 9.17) is 9.47 Å². The topological polar surface area (TPSA) is 18.5 Å². The molecule has 1 aromatic rings. The molecule has 3 rings (SSSR count). The Morgan fingerprint density at radius 3 is 1.95 bits per heavy atom. The summed E-state index contributed by atoms with van der Waals surface area (Å²) in [7, 11) is 0. The van der Waals surface area contributed by atoms with Gasteiger partial charge in [-0.1, -0.05) is 22.6 Å². The minimum absolute atomic E-state index is 0.186. The lowest BCUT2D eigenvalue weighted by molar-refractivity contribution is -0.214. The summed E-state index contributed by atoms with van der Waals surface area (Å²) < 4.78 is 51.5. The average molecular weight is 426 g/mol. The second kappa shape index (κ2) is 7.05. The highest BCUT2D eigenvalue weighted by Gasteiger charge is 2.32. The van der Waals surface area contributed by atoms with Gasteiger partial charge in [-0.05, 0) is 43.7 Å². The number of hydrogen-bond donors (Lipinski definition) is 0. The van der Waals surface area contributed by atoms with E-state index in [1.165, 1.54) is 25.7 Å². The van der Waals surface area contributed by atoms with Gasteiger partial charge in [-0.2, -0.15) is 0 Å². The minimum Gasteiger partial charge on any atom is -0.348 e. The lowest BCUT2D eigenvalue weighted by atomic mass is 9.80. The molecular formula is C16H18F3IO2. The molecule has 1 heterocycles. The van der Waals surface area contributed by atoms with E-state index in [2.05, 4.69) is 22.6 Å². The van der Waals surface area contributed by atoms with Crippen LogP contribution in [-0.2, 0) is 9.47 Å². The first kappa shape index (κ1) is 16.5. The van der Waals surface area contributed by atoms with Crippen LogP contribution in [0.5, 0.6) is 0 Å². The van der Waals surface area contributed by atoms with Crippen molar-refractivity contribution in [3.8, 4) is 0 Å². The maximum Gasteiger partial charge on any atom is 0.194 e. The fraction of sp³-hybridized carbons (Fsp3) is 0.625. The van der Waals surface area contributed by atoms with Crippen molar-refractivity contribution >= 4 is 22.6 Å². The molecule has 0 bridgehead atoms. The number of alkyl halides is 1. The summed E-state index contributed by atoms with van der Waals surface area (Å²) >= 11 is 2.49. The summed E-state index contributed by atoms with van der Waals surface area (Å²) in [6.45, 7) is 1.03. The van der Waals surface area contributed by atoms with Crippen LogP contribution in [0.4, 0.5) is 13.2 Å². The van der Waals surface area contributed by atoms with Gasteiger partial charge in [0.1, 0.15) is 0 Å². The van der Waals surface area contributed by atoms with E-state index in [9.17, 15) is 13.2 Å². The van der Waals surface area contributed by atoms with E-state index in [1.54, 1.807) is 0 Å². The average Bonchev–Trinajstić information content (AvgIpc) is 2.53. The number of benzene rings is 1. The predicted molar refractivity (Wildman–Crippen MR) is 84.2 cm³/mol. The van der Waals surface area contributed by atoms with E-state index < -0.39 is 23.7 Å². The lowest BCUT2D eigenvalue weighted by Gasteiger charge is -2.37. The molecule has 0 unspecified atom stereocenters. The van der Waals surface area contributed by atoms with Crippen LogP contribution in [0.1, 0.15) is 37.5 Å². The molecule has 1 aliphatic heterocycles. The summed E-state index contributed by atoms with van der Waals surface area (Å²) in [5.41, 5.74) is 0.186. The van der Waals surface area contributed by atoms with Crippen LogP contribution in [0.25, 0.3) is 0 Å². The van der Waals surface area contributed by atoms with Crippen molar-refractivity contribution in [1.82, 2.24) is 0 Å². The Kier molecular flexibility index (Phi) is 5.29. The maximum absolute atomic E-state index is 13.3. The van der Waals surface area contributed by atoms with Crippen LogP contribution < -0.4 is 0 Å². The highest BCUT2D eigenvalue weighted by molar-refractivity contribution is 14.1. The summed E-state index contributed by atoms with van der Waals surface area (Å²) in [4.78, 5) is 0. The smallest absolute Gasteiger partial charge is 0.194 e. The summed E-state index contributed by atoms with van der Waals surface area (Å²) in [5, 5.41) is 0. The van der Waals surface area contributed by atoms with Gasteiger partial charge in [-0.15, -0.1) is 0 Å². The Balaban J connectivity index is 1.60. The highest BCUT2D eigenvalue weighted by atomic mass is 127. The Hall–Kier alpha value is -0.340. The van der Waals surface area contributed by atoms with E-state index in [1.807, 2.05) is 0 Å². The van der Waals surface area contributed by atoms with Crippen molar-refractivity contribution in [2.45, 2.75) is 35.9 Å². The van der Waals surface area contributed by atoms with Crippen LogP contribution in [0.3, 0.4) is 0 Å². The van der Waals surface area contributed by atoms with Crippen molar-refractivity contribution in [2.75, 3.05) is 13.2 Å². The predicted octanol–water partition coefficient (Wildman–Crippen LogP) is 4.76. The molecule has 0 spiro atoms. The first-order valence-corrected chi connectivity index (χ1v) is 8.81. The molecular weight excluding hydrogens is 408 g/mol. The lowest BCUT2D eigenvalue weighted by Crippen LogP contribution is -2.34. The van der Waals surface area contributed by atoms with Gasteiger partial charge in [0.15, 0.2) is 23.7 Å². The van der Waals surface area contributed by atoms with Gasteiger partial charge in [-0.25, -0.2) is 13.2 Å². The molecule has 122 valence electrons. The largest absolute Gasteiger partial charge is 0.348 e. The molecule has 1 aliphatic carbocycles. The van der Waals surface area contributed by atoms with Gasteiger partial charge in [0.2, 0.25) is 0 Å².